The molecule has 0 saturated carbocycles. The van der Waals surface area contributed by atoms with Gasteiger partial charge in [0.25, 0.3) is 0 Å². The highest BCUT2D eigenvalue weighted by atomic mass is 19.1. The molecule has 2 aromatic rings. The third-order valence-electron chi connectivity index (χ3n) is 3.37. The molecule has 0 spiro atoms. The number of fused-ring (bicyclic) bond motifs is 1. The first kappa shape index (κ1) is 12.7. The predicted molar refractivity (Wildman–Crippen MR) is 65.1 cm³/mol. The summed E-state index contributed by atoms with van der Waals surface area (Å²) in [7, 11) is 0. The maximum absolute atomic E-state index is 13.9. The lowest BCUT2D eigenvalue weighted by molar-refractivity contribution is -0.139. The average Bonchev–Trinajstić information content (AvgIpc) is 2.86. The van der Waals surface area contributed by atoms with E-state index in [1.165, 1.54) is 12.4 Å². The summed E-state index contributed by atoms with van der Waals surface area (Å²) in [5.74, 6) is -2.45. The number of carboxylic acids is 1. The van der Waals surface area contributed by atoms with Crippen molar-refractivity contribution in [2.24, 2.45) is 0 Å². The fourth-order valence-electron chi connectivity index (χ4n) is 2.42. The van der Waals surface area contributed by atoms with Crippen molar-refractivity contribution in [3.05, 3.63) is 53.1 Å². The van der Waals surface area contributed by atoms with E-state index in [0.717, 1.165) is 12.1 Å². The number of aromatic amines is 1. The Labute approximate surface area is 112 Å². The van der Waals surface area contributed by atoms with Gasteiger partial charge in [-0.25, -0.2) is 13.8 Å². The first-order valence-electron chi connectivity index (χ1n) is 6.02. The van der Waals surface area contributed by atoms with Gasteiger partial charge >= 0.3 is 5.97 Å². The van der Waals surface area contributed by atoms with Gasteiger partial charge in [0.15, 0.2) is 0 Å². The molecule has 5 nitrogen and oxygen atoms in total. The normalized spacial score (nSPS) is 21.5. The second-order valence-electron chi connectivity index (χ2n) is 4.63. The number of aromatic nitrogens is 2. The number of aliphatic carboxylic acids is 1. The fraction of sp³-hybridized carbons (Fsp3) is 0.231. The van der Waals surface area contributed by atoms with Gasteiger partial charge in [-0.15, -0.1) is 0 Å². The number of rotatable bonds is 2. The standard InChI is InChI=1S/C13H11F2N3O2/c14-6-1-2-7(8(15)3-6)11-12-9(16-5-17-12)4-10(18-11)13(19)20/h1-3,5,10-11,18H,4H2,(H,16,17)(H,19,20)/t10-,11+/m1/s1. The lowest BCUT2D eigenvalue weighted by Gasteiger charge is -2.28. The van der Waals surface area contributed by atoms with Gasteiger partial charge < -0.3 is 10.1 Å². The first-order chi connectivity index (χ1) is 9.56. The molecule has 1 aromatic carbocycles. The van der Waals surface area contributed by atoms with Gasteiger partial charge in [0.2, 0.25) is 0 Å². The molecule has 0 bridgehead atoms. The Morgan fingerprint density at radius 3 is 2.90 bits per heavy atom. The van der Waals surface area contributed by atoms with Crippen molar-refractivity contribution in [1.29, 1.82) is 0 Å². The van der Waals surface area contributed by atoms with Crippen molar-refractivity contribution in [1.82, 2.24) is 15.3 Å². The van der Waals surface area contributed by atoms with Gasteiger partial charge in [0.1, 0.15) is 17.7 Å². The van der Waals surface area contributed by atoms with Crippen molar-refractivity contribution < 1.29 is 18.7 Å². The van der Waals surface area contributed by atoms with Crippen molar-refractivity contribution in [3.63, 3.8) is 0 Å². The Morgan fingerprint density at radius 2 is 2.20 bits per heavy atom. The summed E-state index contributed by atoms with van der Waals surface area (Å²) in [6, 6.07) is 1.64. The number of hydrogen-bond donors (Lipinski definition) is 3. The van der Waals surface area contributed by atoms with Gasteiger partial charge in [0, 0.05) is 23.7 Å². The van der Waals surface area contributed by atoms with E-state index in [1.807, 2.05) is 0 Å². The zero-order valence-electron chi connectivity index (χ0n) is 10.2. The summed E-state index contributed by atoms with van der Waals surface area (Å²) in [6.45, 7) is 0. The summed E-state index contributed by atoms with van der Waals surface area (Å²) in [5.41, 5.74) is 1.35. The second kappa shape index (κ2) is 4.68. The SMILES string of the molecule is O=C(O)[C@H]1Cc2[nH]cnc2[C@H](c2ccc(F)cc2F)N1. The summed E-state index contributed by atoms with van der Waals surface area (Å²) >= 11 is 0. The Kier molecular flexibility index (Phi) is 2.98. The van der Waals surface area contributed by atoms with Crippen LogP contribution < -0.4 is 5.32 Å². The average molecular weight is 279 g/mol. The van der Waals surface area contributed by atoms with Crippen LogP contribution in [-0.2, 0) is 11.2 Å². The lowest BCUT2D eigenvalue weighted by atomic mass is 9.93. The summed E-state index contributed by atoms with van der Waals surface area (Å²) in [6.07, 6.45) is 1.68. The molecular weight excluding hydrogens is 268 g/mol. The van der Waals surface area contributed by atoms with E-state index in [0.29, 0.717) is 11.4 Å². The summed E-state index contributed by atoms with van der Waals surface area (Å²) < 4.78 is 26.9. The Balaban J connectivity index is 2.06. The van der Waals surface area contributed by atoms with E-state index >= 15 is 0 Å². The van der Waals surface area contributed by atoms with Gasteiger partial charge in [-0.1, -0.05) is 6.07 Å². The largest absolute Gasteiger partial charge is 0.480 e. The molecule has 1 aliphatic heterocycles. The maximum atomic E-state index is 13.9. The number of carboxylic acid groups (broad SMARTS) is 1. The van der Waals surface area contributed by atoms with Crippen LogP contribution in [0.5, 0.6) is 0 Å². The molecule has 3 rings (SSSR count). The molecule has 0 radical (unpaired) electrons. The number of hydrogen-bond acceptors (Lipinski definition) is 3. The topological polar surface area (TPSA) is 78.0 Å². The monoisotopic (exact) mass is 279 g/mol. The number of nitrogens with zero attached hydrogens (tertiary/aromatic N) is 1. The lowest BCUT2D eigenvalue weighted by Crippen LogP contribution is -2.45. The van der Waals surface area contributed by atoms with Gasteiger partial charge in [0.05, 0.1) is 18.1 Å². The second-order valence-corrected chi connectivity index (χ2v) is 4.63. The number of imidazole rings is 1. The molecule has 0 saturated heterocycles. The highest BCUT2D eigenvalue weighted by Crippen LogP contribution is 2.30. The molecule has 7 heteroatoms. The molecule has 1 aliphatic rings. The molecule has 0 fully saturated rings. The number of carbonyl (C=O) groups is 1. The van der Waals surface area contributed by atoms with Gasteiger partial charge in [-0.05, 0) is 6.07 Å². The van der Waals surface area contributed by atoms with E-state index in [4.69, 9.17) is 5.11 Å². The molecule has 0 aliphatic carbocycles. The van der Waals surface area contributed by atoms with E-state index in [9.17, 15) is 13.6 Å². The minimum Gasteiger partial charge on any atom is -0.480 e. The molecule has 0 amide bonds. The molecule has 0 unspecified atom stereocenters. The van der Waals surface area contributed by atoms with Crippen molar-refractivity contribution >= 4 is 5.97 Å². The smallest absolute Gasteiger partial charge is 0.321 e. The van der Waals surface area contributed by atoms with Crippen LogP contribution >= 0.6 is 0 Å². The van der Waals surface area contributed by atoms with Crippen LogP contribution in [0.25, 0.3) is 0 Å². The van der Waals surface area contributed by atoms with E-state index < -0.39 is 29.7 Å². The first-order valence-corrected chi connectivity index (χ1v) is 6.02. The van der Waals surface area contributed by atoms with Crippen molar-refractivity contribution in [3.8, 4) is 0 Å². The molecule has 1 aromatic heterocycles. The van der Waals surface area contributed by atoms with Crippen molar-refractivity contribution in [2.45, 2.75) is 18.5 Å². The Bertz CT molecular complexity index is 671. The van der Waals surface area contributed by atoms with E-state index in [-0.39, 0.29) is 12.0 Å². The Hall–Kier alpha value is -2.28. The third-order valence-corrected chi connectivity index (χ3v) is 3.37. The highest BCUT2D eigenvalue weighted by molar-refractivity contribution is 5.74. The molecule has 104 valence electrons. The molecular formula is C13H11F2N3O2. The van der Waals surface area contributed by atoms with Gasteiger partial charge in [-0.3, -0.25) is 10.1 Å². The van der Waals surface area contributed by atoms with E-state index in [1.54, 1.807) is 0 Å². The van der Waals surface area contributed by atoms with Crippen LogP contribution in [0, 0.1) is 11.6 Å². The van der Waals surface area contributed by atoms with Crippen LogP contribution in [0.2, 0.25) is 0 Å². The maximum Gasteiger partial charge on any atom is 0.321 e. The van der Waals surface area contributed by atoms with Crippen molar-refractivity contribution in [2.75, 3.05) is 0 Å². The third kappa shape index (κ3) is 2.05. The van der Waals surface area contributed by atoms with Gasteiger partial charge in [-0.2, -0.15) is 0 Å². The minimum absolute atomic E-state index is 0.172. The number of halogens is 2. The fourth-order valence-corrected chi connectivity index (χ4v) is 2.42. The summed E-state index contributed by atoms with van der Waals surface area (Å²) in [4.78, 5) is 18.1. The minimum atomic E-state index is -1.03. The van der Waals surface area contributed by atoms with Crippen LogP contribution in [0.3, 0.4) is 0 Å². The highest BCUT2D eigenvalue weighted by Gasteiger charge is 2.34. The van der Waals surface area contributed by atoms with Crippen LogP contribution in [0.15, 0.2) is 24.5 Å². The number of nitrogens with one attached hydrogen (secondary N) is 2. The predicted octanol–water partition coefficient (Wildman–Crippen LogP) is 1.38. The number of H-pyrrole nitrogens is 1. The quantitative estimate of drug-likeness (QED) is 0.776. The summed E-state index contributed by atoms with van der Waals surface area (Å²) in [5, 5.41) is 12.0. The molecule has 2 heterocycles. The zero-order valence-corrected chi connectivity index (χ0v) is 10.2. The Morgan fingerprint density at radius 1 is 1.40 bits per heavy atom. The van der Waals surface area contributed by atoms with Crippen LogP contribution in [0.1, 0.15) is 23.0 Å². The zero-order chi connectivity index (χ0) is 14.3. The molecule has 20 heavy (non-hydrogen) atoms. The molecule has 3 N–H and O–H groups in total. The van der Waals surface area contributed by atoms with Crippen LogP contribution in [-0.4, -0.2) is 27.1 Å². The number of benzene rings is 1. The molecule has 2 atom stereocenters. The van der Waals surface area contributed by atoms with E-state index in [2.05, 4.69) is 15.3 Å². The van der Waals surface area contributed by atoms with Crippen LogP contribution in [0.4, 0.5) is 8.78 Å².